The number of rotatable bonds is 18. The standard InChI is InChI=1S/C41H43O9P/c42-27-26-37-39(44-28-32-16-6-1-7-17-32)41(46-30-34-20-10-3-11-21-34)40(45-29-33-18-8-2-9-19-33)38(48-37)31-47-51(43,49-35-22-12-4-13-23-35)50-36-24-14-5-15-25-36/h1-25,37-42H,26-31H2. The van der Waals surface area contributed by atoms with Crippen molar-refractivity contribution in [2.45, 2.75) is 56.8 Å². The van der Waals surface area contributed by atoms with Crippen LogP contribution >= 0.6 is 7.82 Å². The third kappa shape index (κ3) is 10.8. The molecule has 1 N–H and O–H groups in total. The summed E-state index contributed by atoms with van der Waals surface area (Å²) < 4.78 is 58.8. The first-order valence-electron chi connectivity index (χ1n) is 17.1. The van der Waals surface area contributed by atoms with Gasteiger partial charge in [-0.15, -0.1) is 0 Å². The van der Waals surface area contributed by atoms with Gasteiger partial charge in [0.1, 0.15) is 35.9 Å². The van der Waals surface area contributed by atoms with Gasteiger partial charge in [0.05, 0.1) is 32.5 Å². The van der Waals surface area contributed by atoms with Crippen LogP contribution < -0.4 is 9.05 Å². The molecule has 10 heteroatoms. The fourth-order valence-corrected chi connectivity index (χ4v) is 7.07. The lowest BCUT2D eigenvalue weighted by Crippen LogP contribution is -2.61. The average Bonchev–Trinajstić information content (AvgIpc) is 3.17. The predicted molar refractivity (Wildman–Crippen MR) is 193 cm³/mol. The molecule has 1 aliphatic rings. The second-order valence-corrected chi connectivity index (χ2v) is 13.6. The quantitative estimate of drug-likeness (QED) is 0.0903. The molecule has 6 rings (SSSR count). The molecule has 1 heterocycles. The highest BCUT2D eigenvalue weighted by molar-refractivity contribution is 7.49. The van der Waals surface area contributed by atoms with E-state index in [0.717, 1.165) is 16.7 Å². The van der Waals surface area contributed by atoms with E-state index in [1.165, 1.54) is 0 Å². The van der Waals surface area contributed by atoms with Crippen LogP contribution in [0.3, 0.4) is 0 Å². The average molecular weight is 711 g/mol. The molecule has 0 saturated carbocycles. The molecule has 0 radical (unpaired) electrons. The molecule has 266 valence electrons. The molecular weight excluding hydrogens is 667 g/mol. The second-order valence-electron chi connectivity index (χ2n) is 12.1. The van der Waals surface area contributed by atoms with Gasteiger partial charge in [-0.05, 0) is 47.4 Å². The van der Waals surface area contributed by atoms with Crippen LogP contribution in [-0.4, -0.2) is 48.8 Å². The molecule has 0 bridgehead atoms. The van der Waals surface area contributed by atoms with Crippen LogP contribution in [0.2, 0.25) is 0 Å². The first-order valence-corrected chi connectivity index (χ1v) is 18.5. The summed E-state index contributed by atoms with van der Waals surface area (Å²) in [4.78, 5) is 0. The number of ether oxygens (including phenoxy) is 4. The highest BCUT2D eigenvalue weighted by atomic mass is 31.2. The normalized spacial score (nSPS) is 20.5. The van der Waals surface area contributed by atoms with Gasteiger partial charge in [0.2, 0.25) is 0 Å². The summed E-state index contributed by atoms with van der Waals surface area (Å²) in [5.74, 6) is 0.629. The number of aliphatic hydroxyl groups is 1. The summed E-state index contributed by atoms with van der Waals surface area (Å²) in [6, 6.07) is 46.9. The topological polar surface area (TPSA) is 102 Å². The Bertz CT molecular complexity index is 1700. The van der Waals surface area contributed by atoms with Gasteiger partial charge in [0.25, 0.3) is 0 Å². The van der Waals surface area contributed by atoms with Crippen LogP contribution in [0.1, 0.15) is 23.1 Å². The van der Waals surface area contributed by atoms with Crippen molar-refractivity contribution < 1.29 is 42.2 Å². The lowest BCUT2D eigenvalue weighted by Gasteiger charge is -2.46. The Balaban J connectivity index is 1.31. The summed E-state index contributed by atoms with van der Waals surface area (Å²) in [6.07, 6.45) is -3.26. The van der Waals surface area contributed by atoms with Crippen LogP contribution in [0.5, 0.6) is 11.5 Å². The van der Waals surface area contributed by atoms with Gasteiger partial charge in [-0.25, -0.2) is 4.57 Å². The number of hydrogen-bond donors (Lipinski definition) is 1. The zero-order valence-electron chi connectivity index (χ0n) is 28.2. The monoisotopic (exact) mass is 710 g/mol. The van der Waals surface area contributed by atoms with Crippen LogP contribution in [0, 0.1) is 0 Å². The van der Waals surface area contributed by atoms with Crippen molar-refractivity contribution in [1.29, 1.82) is 0 Å². The minimum Gasteiger partial charge on any atom is -0.396 e. The maximum Gasteiger partial charge on any atom is 0.587 e. The maximum atomic E-state index is 14.3. The minimum atomic E-state index is -4.28. The summed E-state index contributed by atoms with van der Waals surface area (Å²) in [5.41, 5.74) is 2.89. The van der Waals surface area contributed by atoms with E-state index in [1.54, 1.807) is 48.5 Å². The Morgan fingerprint density at radius 3 is 1.29 bits per heavy atom. The number of phosphoric ester groups is 1. The number of benzene rings is 5. The summed E-state index contributed by atoms with van der Waals surface area (Å²) >= 11 is 0. The highest BCUT2D eigenvalue weighted by Gasteiger charge is 2.49. The smallest absolute Gasteiger partial charge is 0.396 e. The van der Waals surface area contributed by atoms with Crippen LogP contribution in [0.25, 0.3) is 0 Å². The van der Waals surface area contributed by atoms with Crippen LogP contribution in [-0.2, 0) is 47.9 Å². The molecule has 5 unspecified atom stereocenters. The van der Waals surface area contributed by atoms with E-state index in [1.807, 2.05) is 103 Å². The molecule has 1 aliphatic heterocycles. The van der Waals surface area contributed by atoms with Crippen molar-refractivity contribution in [3.05, 3.63) is 168 Å². The van der Waals surface area contributed by atoms with Gasteiger partial charge in [-0.3, -0.25) is 4.52 Å². The summed E-state index contributed by atoms with van der Waals surface area (Å²) in [5, 5.41) is 10.2. The Morgan fingerprint density at radius 1 is 0.510 bits per heavy atom. The van der Waals surface area contributed by atoms with Gasteiger partial charge in [-0.2, -0.15) is 0 Å². The lowest BCUT2D eigenvalue weighted by molar-refractivity contribution is -0.271. The Hall–Kier alpha value is -4.31. The van der Waals surface area contributed by atoms with Gasteiger partial charge < -0.3 is 33.1 Å². The van der Waals surface area contributed by atoms with E-state index in [2.05, 4.69) is 0 Å². The molecule has 1 fully saturated rings. The van der Waals surface area contributed by atoms with Gasteiger partial charge >= 0.3 is 7.82 Å². The fraction of sp³-hybridized carbons (Fsp3) is 0.268. The van der Waals surface area contributed by atoms with Crippen molar-refractivity contribution in [2.24, 2.45) is 0 Å². The van der Waals surface area contributed by atoms with Crippen molar-refractivity contribution in [2.75, 3.05) is 13.2 Å². The van der Waals surface area contributed by atoms with Gasteiger partial charge in [0, 0.05) is 6.61 Å². The molecule has 1 saturated heterocycles. The maximum absolute atomic E-state index is 14.3. The van der Waals surface area contributed by atoms with Crippen molar-refractivity contribution in [3.63, 3.8) is 0 Å². The van der Waals surface area contributed by atoms with Gasteiger partial charge in [0.15, 0.2) is 0 Å². The largest absolute Gasteiger partial charge is 0.587 e. The Labute approximate surface area is 299 Å². The zero-order valence-corrected chi connectivity index (χ0v) is 29.1. The highest BCUT2D eigenvalue weighted by Crippen LogP contribution is 2.50. The Morgan fingerprint density at radius 2 is 0.882 bits per heavy atom. The molecule has 0 aliphatic carbocycles. The van der Waals surface area contributed by atoms with Crippen molar-refractivity contribution >= 4 is 7.82 Å². The molecule has 5 atom stereocenters. The number of aliphatic hydroxyl groups excluding tert-OH is 1. The molecule has 51 heavy (non-hydrogen) atoms. The van der Waals surface area contributed by atoms with Gasteiger partial charge in [-0.1, -0.05) is 127 Å². The first-order chi connectivity index (χ1) is 25.1. The zero-order chi connectivity index (χ0) is 35.1. The van der Waals surface area contributed by atoms with E-state index in [4.69, 9.17) is 32.5 Å². The molecular formula is C41H43O9P. The van der Waals surface area contributed by atoms with E-state index < -0.39 is 38.3 Å². The van der Waals surface area contributed by atoms with Crippen molar-refractivity contribution in [3.8, 4) is 11.5 Å². The third-order valence-electron chi connectivity index (χ3n) is 8.32. The summed E-state index contributed by atoms with van der Waals surface area (Å²) in [7, 11) is -4.28. The third-order valence-corrected chi connectivity index (χ3v) is 9.65. The van der Waals surface area contributed by atoms with E-state index in [9.17, 15) is 9.67 Å². The second kappa shape index (κ2) is 18.8. The van der Waals surface area contributed by atoms with E-state index in [0.29, 0.717) is 18.1 Å². The molecule has 5 aromatic rings. The van der Waals surface area contributed by atoms with E-state index in [-0.39, 0.29) is 32.8 Å². The molecule has 0 amide bonds. The number of hydrogen-bond acceptors (Lipinski definition) is 9. The molecule has 5 aromatic carbocycles. The predicted octanol–water partition coefficient (Wildman–Crippen LogP) is 8.18. The summed E-state index contributed by atoms with van der Waals surface area (Å²) in [6.45, 7) is 0.408. The lowest BCUT2D eigenvalue weighted by atomic mass is 9.92. The number of phosphoric acid groups is 1. The minimum absolute atomic E-state index is 0.156. The number of para-hydroxylation sites is 2. The van der Waals surface area contributed by atoms with E-state index >= 15 is 0 Å². The fourth-order valence-electron chi connectivity index (χ4n) is 5.83. The Kier molecular flexibility index (Phi) is 13.4. The first kappa shape index (κ1) is 36.5. The SMILES string of the molecule is O=P(OCC1OC(CCO)C(OCc2ccccc2)C(OCc2ccccc2)C1OCc1ccccc1)(Oc1ccccc1)Oc1ccccc1. The van der Waals surface area contributed by atoms with Crippen LogP contribution in [0.4, 0.5) is 0 Å². The molecule has 0 aromatic heterocycles. The molecule has 0 spiro atoms. The molecule has 9 nitrogen and oxygen atoms in total. The van der Waals surface area contributed by atoms with Crippen molar-refractivity contribution in [1.82, 2.24) is 0 Å². The van der Waals surface area contributed by atoms with Crippen LogP contribution in [0.15, 0.2) is 152 Å².